The van der Waals surface area contributed by atoms with E-state index in [1.54, 1.807) is 30.7 Å². The zero-order valence-electron chi connectivity index (χ0n) is 19.6. The van der Waals surface area contributed by atoms with Crippen LogP contribution in [0, 0.1) is 13.8 Å². The summed E-state index contributed by atoms with van der Waals surface area (Å²) >= 11 is 0. The molecule has 0 saturated carbocycles. The molecule has 0 radical (unpaired) electrons. The molecule has 0 saturated heterocycles. The molecule has 0 bridgehead atoms. The highest BCUT2D eigenvalue weighted by molar-refractivity contribution is 5.80. The van der Waals surface area contributed by atoms with Crippen molar-refractivity contribution in [2.75, 3.05) is 20.3 Å². The Morgan fingerprint density at radius 1 is 1.00 bits per heavy atom. The van der Waals surface area contributed by atoms with Crippen LogP contribution in [0.2, 0.25) is 0 Å². The summed E-state index contributed by atoms with van der Waals surface area (Å²) in [6.45, 7) is 6.27. The van der Waals surface area contributed by atoms with E-state index < -0.39 is 6.10 Å². The highest BCUT2D eigenvalue weighted by Gasteiger charge is 2.15. The van der Waals surface area contributed by atoms with Gasteiger partial charge in [-0.25, -0.2) is 0 Å². The predicted molar refractivity (Wildman–Crippen MR) is 127 cm³/mol. The highest BCUT2D eigenvalue weighted by atomic mass is 16.5. The van der Waals surface area contributed by atoms with Crippen LogP contribution in [-0.4, -0.2) is 52.1 Å². The lowest BCUT2D eigenvalue weighted by Gasteiger charge is -2.15. The second kappa shape index (κ2) is 10.2. The number of amides is 1. The maximum atomic E-state index is 12.4. The number of aromatic nitrogens is 4. The molecule has 1 N–H and O–H groups in total. The molecule has 176 valence electrons. The summed E-state index contributed by atoms with van der Waals surface area (Å²) < 4.78 is 18.3. The van der Waals surface area contributed by atoms with Gasteiger partial charge in [0.05, 0.1) is 13.7 Å². The van der Waals surface area contributed by atoms with Gasteiger partial charge < -0.3 is 19.5 Å². The summed E-state index contributed by atoms with van der Waals surface area (Å²) in [5.74, 6) is 2.21. The third kappa shape index (κ3) is 5.43. The van der Waals surface area contributed by atoms with Crippen LogP contribution >= 0.6 is 0 Å². The van der Waals surface area contributed by atoms with E-state index in [1.807, 2.05) is 50.2 Å². The van der Waals surface area contributed by atoms with Crippen molar-refractivity contribution in [3.05, 3.63) is 65.7 Å². The molecule has 1 unspecified atom stereocenters. The Hall–Kier alpha value is -4.14. The lowest BCUT2D eigenvalue weighted by molar-refractivity contribution is -0.127. The third-order valence-corrected chi connectivity index (χ3v) is 5.12. The Morgan fingerprint density at radius 2 is 1.74 bits per heavy atom. The molecule has 0 fully saturated rings. The Kier molecular flexibility index (Phi) is 6.91. The molecule has 2 heterocycles. The van der Waals surface area contributed by atoms with Crippen LogP contribution in [0.15, 0.2) is 54.6 Å². The van der Waals surface area contributed by atoms with Crippen LogP contribution in [0.1, 0.15) is 18.1 Å². The van der Waals surface area contributed by atoms with Gasteiger partial charge in [-0.05, 0) is 74.4 Å². The molecule has 9 heteroatoms. The molecule has 9 nitrogen and oxygen atoms in total. The van der Waals surface area contributed by atoms with Gasteiger partial charge >= 0.3 is 0 Å². The van der Waals surface area contributed by atoms with E-state index in [0.717, 1.165) is 22.4 Å². The van der Waals surface area contributed by atoms with Gasteiger partial charge in [-0.3, -0.25) is 4.79 Å². The number of ether oxygens (including phenoxy) is 3. The maximum Gasteiger partial charge on any atom is 0.260 e. The number of rotatable bonds is 9. The summed E-state index contributed by atoms with van der Waals surface area (Å²) in [6, 6.07) is 16.9. The van der Waals surface area contributed by atoms with Crippen LogP contribution in [0.25, 0.3) is 17.0 Å². The topological polar surface area (TPSA) is 99.9 Å². The lowest BCUT2D eigenvalue weighted by atomic mass is 10.1. The van der Waals surface area contributed by atoms with Crippen molar-refractivity contribution in [1.29, 1.82) is 0 Å². The molecule has 34 heavy (non-hydrogen) atoms. The molecular weight excluding hydrogens is 434 g/mol. The molecule has 0 aliphatic heterocycles. The molecule has 4 rings (SSSR count). The molecule has 0 aliphatic rings. The first kappa shape index (κ1) is 23.0. The number of methoxy groups -OCH3 is 1. The van der Waals surface area contributed by atoms with Crippen molar-refractivity contribution < 1.29 is 19.0 Å². The maximum absolute atomic E-state index is 12.4. The minimum absolute atomic E-state index is 0.216. The van der Waals surface area contributed by atoms with Crippen LogP contribution in [0.4, 0.5) is 0 Å². The number of carbonyl (C=O) groups is 1. The zero-order chi connectivity index (χ0) is 24.1. The molecule has 0 spiro atoms. The molecule has 0 aliphatic carbocycles. The van der Waals surface area contributed by atoms with E-state index in [0.29, 0.717) is 29.6 Å². The first-order chi connectivity index (χ1) is 16.4. The average molecular weight is 462 g/mol. The average Bonchev–Trinajstić information content (AvgIpc) is 3.24. The normalized spacial score (nSPS) is 11.8. The van der Waals surface area contributed by atoms with Crippen LogP contribution in [-0.2, 0) is 4.79 Å². The Bertz CT molecular complexity index is 1270. The summed E-state index contributed by atoms with van der Waals surface area (Å²) in [6.07, 6.45) is -0.625. The molecule has 1 atom stereocenters. The monoisotopic (exact) mass is 461 g/mol. The van der Waals surface area contributed by atoms with Gasteiger partial charge in [0.1, 0.15) is 18.1 Å². The fraction of sp³-hybridized carbons (Fsp3) is 0.280. The van der Waals surface area contributed by atoms with Gasteiger partial charge in [0.2, 0.25) is 5.88 Å². The number of aryl methyl sites for hydroxylation is 2. The predicted octanol–water partition coefficient (Wildman–Crippen LogP) is 3.38. The largest absolute Gasteiger partial charge is 0.497 e. The van der Waals surface area contributed by atoms with Gasteiger partial charge in [-0.1, -0.05) is 6.07 Å². The lowest BCUT2D eigenvalue weighted by Crippen LogP contribution is -2.38. The van der Waals surface area contributed by atoms with E-state index in [2.05, 4.69) is 26.7 Å². The summed E-state index contributed by atoms with van der Waals surface area (Å²) in [5.41, 5.74) is 3.62. The summed E-state index contributed by atoms with van der Waals surface area (Å²) in [7, 11) is 1.62. The van der Waals surface area contributed by atoms with Crippen molar-refractivity contribution >= 4 is 11.6 Å². The number of carbonyl (C=O) groups excluding carboxylic acids is 1. The third-order valence-electron chi connectivity index (χ3n) is 5.12. The number of fused-ring (bicyclic) bond motifs is 1. The molecule has 4 aromatic rings. The van der Waals surface area contributed by atoms with Crippen LogP contribution in [0.5, 0.6) is 17.4 Å². The van der Waals surface area contributed by atoms with Crippen molar-refractivity contribution in [1.82, 2.24) is 25.1 Å². The zero-order valence-corrected chi connectivity index (χ0v) is 19.6. The molecular formula is C25H27N5O4. The smallest absolute Gasteiger partial charge is 0.260 e. The van der Waals surface area contributed by atoms with Crippen LogP contribution < -0.4 is 19.5 Å². The fourth-order valence-corrected chi connectivity index (χ4v) is 3.50. The second-order valence-corrected chi connectivity index (χ2v) is 7.92. The molecule has 2 aromatic heterocycles. The molecule has 1 amide bonds. The van der Waals surface area contributed by atoms with Crippen molar-refractivity contribution in [2.24, 2.45) is 0 Å². The van der Waals surface area contributed by atoms with Crippen molar-refractivity contribution in [3.63, 3.8) is 0 Å². The fourth-order valence-electron chi connectivity index (χ4n) is 3.50. The first-order valence-electron chi connectivity index (χ1n) is 11.0. The van der Waals surface area contributed by atoms with Gasteiger partial charge in [0.15, 0.2) is 17.6 Å². The first-order valence-corrected chi connectivity index (χ1v) is 11.0. The van der Waals surface area contributed by atoms with E-state index in [1.165, 1.54) is 0 Å². The van der Waals surface area contributed by atoms with E-state index in [-0.39, 0.29) is 12.5 Å². The van der Waals surface area contributed by atoms with E-state index in [9.17, 15) is 4.79 Å². The minimum Gasteiger partial charge on any atom is -0.497 e. The number of hydrogen-bond donors (Lipinski definition) is 1. The Labute approximate surface area is 197 Å². The minimum atomic E-state index is -0.625. The van der Waals surface area contributed by atoms with Gasteiger partial charge in [0.25, 0.3) is 5.91 Å². The van der Waals surface area contributed by atoms with E-state index >= 15 is 0 Å². The van der Waals surface area contributed by atoms with E-state index in [4.69, 9.17) is 14.2 Å². The van der Waals surface area contributed by atoms with Crippen LogP contribution in [0.3, 0.4) is 0 Å². The number of hydrogen-bond acceptors (Lipinski definition) is 7. The quantitative estimate of drug-likeness (QED) is 0.382. The Balaban J connectivity index is 1.32. The standard InChI is InChI=1S/C25H27N5O4/c1-16-13-17(2)15-21(14-16)34-18(3)25(31)26-11-12-33-23-10-9-22-27-28-24(30(22)29-23)19-5-7-20(32-4)8-6-19/h5-10,13-15,18H,11-12H2,1-4H3,(H,26,31). The van der Waals surface area contributed by atoms with Gasteiger partial charge in [0, 0.05) is 11.6 Å². The van der Waals surface area contributed by atoms with Crippen molar-refractivity contribution in [2.45, 2.75) is 26.9 Å². The SMILES string of the molecule is COc1ccc(-c2nnc3ccc(OCCNC(=O)C(C)Oc4cc(C)cc(C)c4)nn23)cc1. The number of benzene rings is 2. The summed E-state index contributed by atoms with van der Waals surface area (Å²) in [5, 5.41) is 15.7. The number of nitrogens with one attached hydrogen (secondary N) is 1. The summed E-state index contributed by atoms with van der Waals surface area (Å²) in [4.78, 5) is 12.4. The van der Waals surface area contributed by atoms with Gasteiger partial charge in [-0.15, -0.1) is 15.3 Å². The second-order valence-electron chi connectivity index (χ2n) is 7.92. The Morgan fingerprint density at radius 3 is 2.44 bits per heavy atom. The molecule has 2 aromatic carbocycles. The van der Waals surface area contributed by atoms with Crippen molar-refractivity contribution in [3.8, 4) is 28.8 Å². The van der Waals surface area contributed by atoms with Gasteiger partial charge in [-0.2, -0.15) is 4.52 Å². The number of nitrogens with zero attached hydrogens (tertiary/aromatic N) is 4. The highest BCUT2D eigenvalue weighted by Crippen LogP contribution is 2.22.